The third-order valence-corrected chi connectivity index (χ3v) is 7.72. The van der Waals surface area contributed by atoms with Crippen LogP contribution in [0.4, 0.5) is 10.5 Å². The quantitative estimate of drug-likeness (QED) is 0.316. The average molecular weight is 500 g/mol. The lowest BCUT2D eigenvalue weighted by molar-refractivity contribution is 0.134. The zero-order valence-corrected chi connectivity index (χ0v) is 21.1. The number of carbonyl (C=O) groups excluding carboxylic acids is 1. The number of ether oxygens (including phenoxy) is 1. The molecule has 1 N–H and O–H groups in total. The first-order chi connectivity index (χ1) is 18.7. The van der Waals surface area contributed by atoms with E-state index in [1.807, 2.05) is 42.5 Å². The number of nitrogens with one attached hydrogen (secondary N) is 1. The Morgan fingerprint density at radius 3 is 2.32 bits per heavy atom. The Kier molecular flexibility index (Phi) is 6.54. The minimum Gasteiger partial charge on any atom is -0.445 e. The highest BCUT2D eigenvalue weighted by Gasteiger charge is 2.41. The minimum atomic E-state index is -0.418. The Balaban J connectivity index is 1.37. The highest BCUT2D eigenvalue weighted by molar-refractivity contribution is 5.72. The number of benzene rings is 4. The molecule has 6 rings (SSSR count). The Morgan fingerprint density at radius 2 is 1.58 bits per heavy atom. The number of nitrogens with zero attached hydrogens (tertiary/aromatic N) is 2. The molecule has 188 valence electrons. The maximum atomic E-state index is 13.0. The summed E-state index contributed by atoms with van der Waals surface area (Å²) >= 11 is 0. The van der Waals surface area contributed by atoms with Gasteiger partial charge in [0.15, 0.2) is 0 Å². The molecule has 1 amide bonds. The zero-order chi connectivity index (χ0) is 25.9. The van der Waals surface area contributed by atoms with E-state index in [1.165, 1.54) is 16.8 Å². The summed E-state index contributed by atoms with van der Waals surface area (Å²) in [7, 11) is 0. The second-order valence-corrected chi connectivity index (χ2v) is 9.97. The van der Waals surface area contributed by atoms with Crippen molar-refractivity contribution in [2.75, 3.05) is 4.90 Å². The molecule has 5 nitrogen and oxygen atoms in total. The van der Waals surface area contributed by atoms with Crippen LogP contribution in [0.15, 0.2) is 103 Å². The number of aryl methyl sites for hydroxylation is 1. The lowest BCUT2D eigenvalue weighted by atomic mass is 9.79. The number of hydrogen-bond donors (Lipinski definition) is 1. The molecule has 0 fully saturated rings. The molecule has 4 aromatic carbocycles. The second kappa shape index (κ2) is 10.4. The van der Waals surface area contributed by atoms with E-state index >= 15 is 0 Å². The van der Waals surface area contributed by atoms with Crippen LogP contribution in [0.25, 0.3) is 0 Å². The van der Waals surface area contributed by atoms with Gasteiger partial charge in [0.05, 0.1) is 29.8 Å². The van der Waals surface area contributed by atoms with Crippen molar-refractivity contribution < 1.29 is 9.53 Å². The Morgan fingerprint density at radius 1 is 0.868 bits per heavy atom. The average Bonchev–Trinajstić information content (AvgIpc) is 2.98. The monoisotopic (exact) mass is 499 g/mol. The van der Waals surface area contributed by atoms with Crippen molar-refractivity contribution in [3.63, 3.8) is 0 Å². The molecule has 0 saturated heterocycles. The molecule has 38 heavy (non-hydrogen) atoms. The lowest BCUT2D eigenvalue weighted by Crippen LogP contribution is -2.44. The Labute approximate surface area is 223 Å². The molecular weight excluding hydrogens is 470 g/mol. The van der Waals surface area contributed by atoms with E-state index in [1.54, 1.807) is 0 Å². The summed E-state index contributed by atoms with van der Waals surface area (Å²) in [4.78, 5) is 15.5. The van der Waals surface area contributed by atoms with Crippen molar-refractivity contribution >= 4 is 11.8 Å². The Hall–Kier alpha value is -4.56. The normalized spacial score (nSPS) is 19.7. The summed E-state index contributed by atoms with van der Waals surface area (Å²) in [5.41, 5.74) is 7.67. The third-order valence-electron chi connectivity index (χ3n) is 7.72. The van der Waals surface area contributed by atoms with Gasteiger partial charge in [0.25, 0.3) is 0 Å². The van der Waals surface area contributed by atoms with Crippen molar-refractivity contribution in [2.45, 2.75) is 44.0 Å². The fourth-order valence-corrected chi connectivity index (χ4v) is 5.96. The first-order valence-electron chi connectivity index (χ1n) is 13.1. The van der Waals surface area contributed by atoms with Gasteiger partial charge in [-0.15, -0.1) is 0 Å². The molecule has 0 spiro atoms. The SMILES string of the molecule is N#Cc1ccc([C@@H]2C[C@H](NC(=O)OCc3ccccc3)c3cccc4c3N2[C@@H](c2ccccc2)CC4)cc1. The summed E-state index contributed by atoms with van der Waals surface area (Å²) in [5.74, 6) is 0. The van der Waals surface area contributed by atoms with Crippen LogP contribution in [0.1, 0.15) is 64.3 Å². The predicted octanol–water partition coefficient (Wildman–Crippen LogP) is 7.16. The third kappa shape index (κ3) is 4.62. The summed E-state index contributed by atoms with van der Waals surface area (Å²) in [5, 5.41) is 12.5. The van der Waals surface area contributed by atoms with Crippen LogP contribution in [-0.4, -0.2) is 6.09 Å². The van der Waals surface area contributed by atoms with Crippen LogP contribution < -0.4 is 10.2 Å². The molecule has 2 aliphatic heterocycles. The highest BCUT2D eigenvalue weighted by atomic mass is 16.5. The first-order valence-corrected chi connectivity index (χ1v) is 13.1. The fraction of sp³-hybridized carbons (Fsp3) is 0.212. The van der Waals surface area contributed by atoms with Gasteiger partial charge in [-0.2, -0.15) is 5.26 Å². The number of rotatable bonds is 5. The molecule has 4 aromatic rings. The van der Waals surface area contributed by atoms with Crippen LogP contribution in [0.3, 0.4) is 0 Å². The minimum absolute atomic E-state index is 0.0290. The van der Waals surface area contributed by atoms with Crippen LogP contribution >= 0.6 is 0 Å². The van der Waals surface area contributed by atoms with Crippen LogP contribution in [0.5, 0.6) is 0 Å². The molecule has 0 aliphatic carbocycles. The number of alkyl carbamates (subject to hydrolysis) is 1. The van der Waals surface area contributed by atoms with Crippen LogP contribution in [-0.2, 0) is 17.8 Å². The van der Waals surface area contributed by atoms with Gasteiger partial charge in [-0.1, -0.05) is 91.0 Å². The molecule has 3 atom stereocenters. The largest absolute Gasteiger partial charge is 0.445 e. The van der Waals surface area contributed by atoms with Gasteiger partial charge in [-0.3, -0.25) is 0 Å². The molecule has 5 heteroatoms. The van der Waals surface area contributed by atoms with Crippen LogP contribution in [0.2, 0.25) is 0 Å². The number of hydrogen-bond acceptors (Lipinski definition) is 4. The van der Waals surface area contributed by atoms with Gasteiger partial charge >= 0.3 is 6.09 Å². The molecule has 0 saturated carbocycles. The molecule has 0 radical (unpaired) electrons. The van der Waals surface area contributed by atoms with E-state index in [2.05, 4.69) is 76.9 Å². The predicted molar refractivity (Wildman–Crippen MR) is 147 cm³/mol. The van der Waals surface area contributed by atoms with E-state index in [0.717, 1.165) is 29.5 Å². The van der Waals surface area contributed by atoms with Gasteiger partial charge in [0.2, 0.25) is 0 Å². The second-order valence-electron chi connectivity index (χ2n) is 9.97. The lowest BCUT2D eigenvalue weighted by Gasteiger charge is -2.50. The van der Waals surface area contributed by atoms with E-state index < -0.39 is 6.09 Å². The maximum absolute atomic E-state index is 13.0. The number of anilines is 1. The summed E-state index contributed by atoms with van der Waals surface area (Å²) in [6.45, 7) is 0.230. The zero-order valence-electron chi connectivity index (χ0n) is 21.1. The number of carbonyl (C=O) groups is 1. The van der Waals surface area contributed by atoms with Crippen molar-refractivity contribution in [1.82, 2.24) is 5.32 Å². The summed E-state index contributed by atoms with van der Waals surface area (Å²) in [6.07, 6.45) is 2.28. The van der Waals surface area contributed by atoms with Gasteiger partial charge in [0, 0.05) is 5.69 Å². The molecular formula is C33H29N3O2. The van der Waals surface area contributed by atoms with E-state index in [0.29, 0.717) is 12.0 Å². The maximum Gasteiger partial charge on any atom is 0.407 e. The summed E-state index contributed by atoms with van der Waals surface area (Å²) < 4.78 is 5.61. The van der Waals surface area contributed by atoms with E-state index in [4.69, 9.17) is 4.74 Å². The summed E-state index contributed by atoms with van der Waals surface area (Å²) in [6, 6.07) is 37.0. The highest BCUT2D eigenvalue weighted by Crippen LogP contribution is 2.52. The van der Waals surface area contributed by atoms with Crippen molar-refractivity contribution in [3.8, 4) is 6.07 Å². The molecule has 0 bridgehead atoms. The molecule has 0 unspecified atom stereocenters. The van der Waals surface area contributed by atoms with Crippen molar-refractivity contribution in [3.05, 3.63) is 137 Å². The van der Waals surface area contributed by atoms with E-state index in [9.17, 15) is 10.1 Å². The van der Waals surface area contributed by atoms with E-state index in [-0.39, 0.29) is 24.7 Å². The standard InChI is InChI=1S/C33H29N3O2/c34-21-23-14-16-26(17-15-23)31-20-29(35-33(37)38-22-24-8-3-1-4-9-24)28-13-7-12-27-18-19-30(36(31)32(27)28)25-10-5-2-6-11-25/h1-17,29-31H,18-20,22H2,(H,35,37)/t29-,30+,31-/m0/s1. The first kappa shape index (κ1) is 23.8. The van der Waals surface area contributed by atoms with Crippen molar-refractivity contribution in [1.29, 1.82) is 5.26 Å². The molecule has 2 aliphatic rings. The molecule has 2 heterocycles. The van der Waals surface area contributed by atoms with Gasteiger partial charge in [0.1, 0.15) is 6.61 Å². The van der Waals surface area contributed by atoms with Crippen LogP contribution in [0, 0.1) is 11.3 Å². The Bertz CT molecular complexity index is 1460. The number of amides is 1. The van der Waals surface area contributed by atoms with Crippen molar-refractivity contribution in [2.24, 2.45) is 0 Å². The molecule has 0 aromatic heterocycles. The fourth-order valence-electron chi connectivity index (χ4n) is 5.96. The smallest absolute Gasteiger partial charge is 0.407 e. The topological polar surface area (TPSA) is 65.4 Å². The van der Waals surface area contributed by atoms with Gasteiger partial charge in [-0.25, -0.2) is 4.79 Å². The number of nitriles is 1. The van der Waals surface area contributed by atoms with Gasteiger partial charge < -0.3 is 15.0 Å². The van der Waals surface area contributed by atoms with Gasteiger partial charge in [-0.05, 0) is 59.2 Å². The number of para-hydroxylation sites is 1.